The highest BCUT2D eigenvalue weighted by atomic mass is 32.2. The average Bonchev–Trinajstić information content (AvgIpc) is 2.59. The van der Waals surface area contributed by atoms with Gasteiger partial charge in [-0.1, -0.05) is 0 Å². The second-order valence-corrected chi connectivity index (χ2v) is 8.31. The molecule has 142 valence electrons. The number of alkyl halides is 4. The van der Waals surface area contributed by atoms with E-state index >= 15 is 0 Å². The van der Waals surface area contributed by atoms with Crippen molar-refractivity contribution in [1.29, 1.82) is 0 Å². The molecule has 0 aromatic carbocycles. The molecule has 2 saturated carbocycles. The molecule has 0 aromatic rings. The van der Waals surface area contributed by atoms with Crippen LogP contribution in [-0.4, -0.2) is 47.8 Å². The zero-order chi connectivity index (χ0) is 18.8. The minimum atomic E-state index is -6.55. The van der Waals surface area contributed by atoms with Crippen LogP contribution in [0.15, 0.2) is 0 Å². The van der Waals surface area contributed by atoms with E-state index in [1.54, 1.807) is 0 Å². The Morgan fingerprint density at radius 3 is 2.44 bits per heavy atom. The SMILES string of the molecule is O=C1OC2CC3CC1CC(OC(=O)C(F)(F)C(F)(F)S(=O)(=O)O)(C3)C2. The van der Waals surface area contributed by atoms with E-state index in [-0.39, 0.29) is 25.2 Å². The molecule has 4 atom stereocenters. The molecular formula is C13H14F4O7S. The lowest BCUT2D eigenvalue weighted by atomic mass is 9.65. The van der Waals surface area contributed by atoms with Gasteiger partial charge in [0, 0.05) is 12.8 Å². The van der Waals surface area contributed by atoms with Crippen molar-refractivity contribution in [3.63, 3.8) is 0 Å². The molecule has 4 unspecified atom stereocenters. The fourth-order valence-electron chi connectivity index (χ4n) is 4.04. The number of carbonyl (C=O) groups is 2. The minimum absolute atomic E-state index is 0.0932. The summed E-state index contributed by atoms with van der Waals surface area (Å²) >= 11 is 0. The Morgan fingerprint density at radius 1 is 1.20 bits per heavy atom. The van der Waals surface area contributed by atoms with Crippen molar-refractivity contribution in [2.24, 2.45) is 11.8 Å². The van der Waals surface area contributed by atoms with Gasteiger partial charge in [-0.05, 0) is 25.2 Å². The fourth-order valence-corrected chi connectivity index (χ4v) is 4.45. The first kappa shape index (κ1) is 18.4. The standard InChI is InChI=1S/C13H14F4O7S/c14-12(15,13(16,17)25(20,21)22)10(19)24-11-3-6-1-7(4-11)9(18)23-8(2-6)5-11/h6-8H,1-5H2,(H,20,21,22). The lowest BCUT2D eigenvalue weighted by molar-refractivity contribution is -0.226. The van der Waals surface area contributed by atoms with E-state index in [4.69, 9.17) is 9.29 Å². The summed E-state index contributed by atoms with van der Waals surface area (Å²) in [5.41, 5.74) is -1.60. The van der Waals surface area contributed by atoms with Crippen molar-refractivity contribution >= 4 is 22.1 Å². The lowest BCUT2D eigenvalue weighted by Gasteiger charge is -2.45. The smallest absolute Gasteiger partial charge is 0.443 e. The van der Waals surface area contributed by atoms with Crippen LogP contribution in [0.4, 0.5) is 17.6 Å². The number of halogens is 4. The first-order chi connectivity index (χ1) is 11.3. The Hall–Kier alpha value is -1.43. The van der Waals surface area contributed by atoms with Gasteiger partial charge in [0.25, 0.3) is 0 Å². The Labute approximate surface area is 139 Å². The van der Waals surface area contributed by atoms with Gasteiger partial charge in [0.2, 0.25) is 0 Å². The number of hydrogen-bond acceptors (Lipinski definition) is 6. The van der Waals surface area contributed by atoms with Gasteiger partial charge >= 0.3 is 33.2 Å². The van der Waals surface area contributed by atoms with Crippen LogP contribution < -0.4 is 0 Å². The lowest BCUT2D eigenvalue weighted by Crippen LogP contribution is -2.56. The van der Waals surface area contributed by atoms with Crippen LogP contribution in [0.3, 0.4) is 0 Å². The van der Waals surface area contributed by atoms with Gasteiger partial charge in [0.05, 0.1) is 5.92 Å². The maximum Gasteiger partial charge on any atom is 0.443 e. The highest BCUT2D eigenvalue weighted by Crippen LogP contribution is 2.52. The summed E-state index contributed by atoms with van der Waals surface area (Å²) in [4.78, 5) is 23.5. The molecule has 0 spiro atoms. The fraction of sp³-hybridized carbons (Fsp3) is 0.846. The number of rotatable bonds is 4. The van der Waals surface area contributed by atoms with Crippen LogP contribution in [0.5, 0.6) is 0 Å². The number of ether oxygens (including phenoxy) is 2. The Morgan fingerprint density at radius 2 is 1.84 bits per heavy atom. The summed E-state index contributed by atoms with van der Waals surface area (Å²) in [7, 11) is -6.55. The molecule has 0 aromatic heterocycles. The average molecular weight is 390 g/mol. The van der Waals surface area contributed by atoms with Gasteiger partial charge in [-0.25, -0.2) is 4.79 Å². The molecule has 7 nitrogen and oxygen atoms in total. The molecule has 12 heteroatoms. The van der Waals surface area contributed by atoms with Crippen molar-refractivity contribution in [2.45, 2.75) is 55.0 Å². The van der Waals surface area contributed by atoms with E-state index < -0.39 is 50.9 Å². The summed E-state index contributed by atoms with van der Waals surface area (Å²) in [5.74, 6) is -9.96. The molecule has 4 fully saturated rings. The molecule has 2 aliphatic heterocycles. The van der Waals surface area contributed by atoms with Gasteiger partial charge in [0.1, 0.15) is 11.7 Å². The molecule has 0 amide bonds. The van der Waals surface area contributed by atoms with Crippen molar-refractivity contribution in [2.75, 3.05) is 0 Å². The first-order valence-electron chi connectivity index (χ1n) is 7.44. The molecule has 4 bridgehead atoms. The molecule has 4 rings (SSSR count). The third-order valence-corrected chi connectivity index (χ3v) is 5.87. The van der Waals surface area contributed by atoms with Crippen molar-refractivity contribution in [1.82, 2.24) is 0 Å². The molecule has 4 aliphatic rings. The quantitative estimate of drug-likeness (QED) is 0.441. The zero-order valence-corrected chi connectivity index (χ0v) is 13.4. The van der Waals surface area contributed by atoms with Crippen LogP contribution in [0.1, 0.15) is 32.1 Å². The normalized spacial score (nSPS) is 35.2. The zero-order valence-electron chi connectivity index (χ0n) is 12.6. The minimum Gasteiger partial charge on any atom is -0.462 e. The number of fused-ring (bicyclic) bond motifs is 1. The van der Waals surface area contributed by atoms with Crippen LogP contribution in [0.2, 0.25) is 0 Å². The number of carbonyl (C=O) groups excluding carboxylic acids is 2. The number of esters is 2. The third-order valence-electron chi connectivity index (χ3n) is 4.96. The maximum absolute atomic E-state index is 13.7. The van der Waals surface area contributed by atoms with Gasteiger partial charge in [-0.3, -0.25) is 9.35 Å². The van der Waals surface area contributed by atoms with E-state index in [1.165, 1.54) is 0 Å². The highest BCUT2D eigenvalue weighted by molar-refractivity contribution is 7.87. The Kier molecular flexibility index (Phi) is 3.88. The third kappa shape index (κ3) is 2.78. The van der Waals surface area contributed by atoms with Gasteiger partial charge < -0.3 is 9.47 Å². The predicted octanol–water partition coefficient (Wildman–Crippen LogP) is 1.52. The van der Waals surface area contributed by atoms with Crippen molar-refractivity contribution < 1.29 is 49.6 Å². The summed E-state index contributed by atoms with van der Waals surface area (Å²) in [6.45, 7) is 0. The van der Waals surface area contributed by atoms with E-state index in [2.05, 4.69) is 4.74 Å². The summed E-state index contributed by atoms with van der Waals surface area (Å²) < 4.78 is 93.1. The summed E-state index contributed by atoms with van der Waals surface area (Å²) in [6, 6.07) is 0. The molecule has 2 saturated heterocycles. The van der Waals surface area contributed by atoms with Gasteiger partial charge in [-0.15, -0.1) is 0 Å². The topological polar surface area (TPSA) is 107 Å². The Balaban J connectivity index is 1.87. The monoisotopic (exact) mass is 390 g/mol. The van der Waals surface area contributed by atoms with E-state index in [1.807, 2.05) is 0 Å². The van der Waals surface area contributed by atoms with Crippen LogP contribution in [0.25, 0.3) is 0 Å². The van der Waals surface area contributed by atoms with Crippen LogP contribution in [0, 0.1) is 11.8 Å². The Bertz CT molecular complexity index is 722. The molecule has 2 aliphatic carbocycles. The van der Waals surface area contributed by atoms with Gasteiger partial charge in [0.15, 0.2) is 0 Å². The summed E-state index contributed by atoms with van der Waals surface area (Å²) in [5, 5.41) is -6.04. The molecular weight excluding hydrogens is 376 g/mol. The van der Waals surface area contributed by atoms with E-state index in [9.17, 15) is 35.6 Å². The molecule has 0 radical (unpaired) electrons. The van der Waals surface area contributed by atoms with E-state index in [0.717, 1.165) is 0 Å². The molecule has 2 heterocycles. The van der Waals surface area contributed by atoms with Crippen molar-refractivity contribution in [3.8, 4) is 0 Å². The largest absolute Gasteiger partial charge is 0.462 e. The second-order valence-electron chi connectivity index (χ2n) is 6.84. The highest BCUT2D eigenvalue weighted by Gasteiger charge is 2.72. The predicted molar refractivity (Wildman–Crippen MR) is 70.2 cm³/mol. The van der Waals surface area contributed by atoms with Crippen molar-refractivity contribution in [3.05, 3.63) is 0 Å². The van der Waals surface area contributed by atoms with E-state index in [0.29, 0.717) is 12.8 Å². The maximum atomic E-state index is 13.7. The van der Waals surface area contributed by atoms with Gasteiger partial charge in [-0.2, -0.15) is 26.0 Å². The van der Waals surface area contributed by atoms with Crippen LogP contribution >= 0.6 is 0 Å². The molecule has 25 heavy (non-hydrogen) atoms. The first-order valence-corrected chi connectivity index (χ1v) is 8.88. The molecule has 1 N–H and O–H groups in total. The number of hydrogen-bond donors (Lipinski definition) is 1. The summed E-state index contributed by atoms with van der Waals surface area (Å²) in [6.07, 6.45) is 0.0203. The van der Waals surface area contributed by atoms with Crippen LogP contribution in [-0.2, 0) is 29.2 Å². The second kappa shape index (κ2) is 5.29.